The number of benzene rings is 1. The number of carbonyl (C=O) groups excluding carboxylic acids is 1. The molecule has 0 saturated carbocycles. The molecule has 2 aliphatic rings. The molecular weight excluding hydrogens is 252 g/mol. The van der Waals surface area contributed by atoms with E-state index >= 15 is 0 Å². The molecule has 20 heavy (non-hydrogen) atoms. The number of rotatable bonds is 1. The van der Waals surface area contributed by atoms with Crippen LogP contribution in [0.4, 0.5) is 0 Å². The van der Waals surface area contributed by atoms with Gasteiger partial charge in [0.2, 0.25) is 5.91 Å². The summed E-state index contributed by atoms with van der Waals surface area (Å²) in [7, 11) is 0. The van der Waals surface area contributed by atoms with Gasteiger partial charge in [0.1, 0.15) is 0 Å². The maximum atomic E-state index is 12.6. The van der Waals surface area contributed by atoms with Crippen molar-refractivity contribution in [3.8, 4) is 0 Å². The van der Waals surface area contributed by atoms with E-state index in [0.29, 0.717) is 6.54 Å². The lowest BCUT2D eigenvalue weighted by atomic mass is 9.92. The summed E-state index contributed by atoms with van der Waals surface area (Å²) in [5, 5.41) is 13.5. The van der Waals surface area contributed by atoms with Crippen molar-refractivity contribution in [1.82, 2.24) is 10.2 Å². The molecular formula is C16H22N2O2. The lowest BCUT2D eigenvalue weighted by Gasteiger charge is -2.39. The molecule has 108 valence electrons. The topological polar surface area (TPSA) is 52.6 Å². The van der Waals surface area contributed by atoms with Crippen LogP contribution in [0.2, 0.25) is 0 Å². The van der Waals surface area contributed by atoms with Gasteiger partial charge in [-0.05, 0) is 37.3 Å². The highest BCUT2D eigenvalue weighted by molar-refractivity contribution is 5.82. The summed E-state index contributed by atoms with van der Waals surface area (Å²) in [6.45, 7) is 3.77. The fourth-order valence-electron chi connectivity index (χ4n) is 3.26. The van der Waals surface area contributed by atoms with Gasteiger partial charge in [0, 0.05) is 19.6 Å². The number of fused-ring (bicyclic) bond motifs is 1. The molecule has 1 fully saturated rings. The Bertz CT molecular complexity index is 513. The fourth-order valence-corrected chi connectivity index (χ4v) is 3.26. The van der Waals surface area contributed by atoms with Crippen molar-refractivity contribution in [2.45, 2.75) is 44.4 Å². The molecule has 0 radical (unpaired) electrons. The standard InChI is InChI=1S/C16H22N2O2/c1-16(20)7-4-8-18(11-16)15(19)14-9-12-5-2-3-6-13(12)10-17-14/h2-3,5-6,14,17,20H,4,7-11H2,1H3. The molecule has 0 spiro atoms. The average molecular weight is 274 g/mol. The normalized spacial score (nSPS) is 29.9. The van der Waals surface area contributed by atoms with E-state index < -0.39 is 5.60 Å². The van der Waals surface area contributed by atoms with E-state index in [9.17, 15) is 9.90 Å². The van der Waals surface area contributed by atoms with E-state index in [2.05, 4.69) is 17.4 Å². The Balaban J connectivity index is 1.70. The first-order valence-electron chi connectivity index (χ1n) is 7.36. The van der Waals surface area contributed by atoms with E-state index in [-0.39, 0.29) is 11.9 Å². The summed E-state index contributed by atoms with van der Waals surface area (Å²) in [5.41, 5.74) is 1.80. The predicted molar refractivity (Wildman–Crippen MR) is 77.2 cm³/mol. The first kappa shape index (κ1) is 13.6. The van der Waals surface area contributed by atoms with Gasteiger partial charge in [-0.2, -0.15) is 0 Å². The molecule has 0 aliphatic carbocycles. The van der Waals surface area contributed by atoms with Crippen molar-refractivity contribution in [1.29, 1.82) is 0 Å². The van der Waals surface area contributed by atoms with Crippen LogP contribution in [-0.4, -0.2) is 40.6 Å². The van der Waals surface area contributed by atoms with Gasteiger partial charge in [0.25, 0.3) is 0 Å². The fraction of sp³-hybridized carbons (Fsp3) is 0.562. The minimum atomic E-state index is -0.736. The van der Waals surface area contributed by atoms with Gasteiger partial charge in [0.15, 0.2) is 0 Å². The Kier molecular flexibility index (Phi) is 3.52. The number of β-amino-alcohol motifs (C(OH)–C–C–N with tert-alkyl or cyclic N) is 1. The molecule has 4 heteroatoms. The summed E-state index contributed by atoms with van der Waals surface area (Å²) in [6.07, 6.45) is 2.40. The average Bonchev–Trinajstić information content (AvgIpc) is 2.45. The molecule has 1 amide bonds. The minimum Gasteiger partial charge on any atom is -0.388 e. The van der Waals surface area contributed by atoms with Gasteiger partial charge in [-0.15, -0.1) is 0 Å². The smallest absolute Gasteiger partial charge is 0.240 e. The van der Waals surface area contributed by atoms with Crippen molar-refractivity contribution >= 4 is 5.91 Å². The summed E-state index contributed by atoms with van der Waals surface area (Å²) in [5.74, 6) is 0.125. The van der Waals surface area contributed by atoms with E-state index in [4.69, 9.17) is 0 Å². The number of nitrogens with one attached hydrogen (secondary N) is 1. The van der Waals surface area contributed by atoms with Crippen LogP contribution in [0, 0.1) is 0 Å². The second-order valence-corrected chi connectivity index (χ2v) is 6.27. The Morgan fingerprint density at radius 3 is 2.90 bits per heavy atom. The lowest BCUT2D eigenvalue weighted by Crippen LogP contribution is -2.55. The van der Waals surface area contributed by atoms with Gasteiger partial charge in [-0.3, -0.25) is 4.79 Å². The molecule has 0 aromatic heterocycles. The molecule has 2 N–H and O–H groups in total. The second-order valence-electron chi connectivity index (χ2n) is 6.27. The number of piperidine rings is 1. The SMILES string of the molecule is CC1(O)CCCN(C(=O)C2Cc3ccccc3CN2)C1. The van der Waals surface area contributed by atoms with Gasteiger partial charge >= 0.3 is 0 Å². The Hall–Kier alpha value is -1.39. The third-order valence-electron chi connectivity index (χ3n) is 4.37. The Morgan fingerprint density at radius 2 is 2.15 bits per heavy atom. The summed E-state index contributed by atoms with van der Waals surface area (Å²) in [4.78, 5) is 14.4. The number of carbonyl (C=O) groups is 1. The first-order chi connectivity index (χ1) is 9.55. The summed E-state index contributed by atoms with van der Waals surface area (Å²) < 4.78 is 0. The second kappa shape index (κ2) is 5.19. The van der Waals surface area contributed by atoms with Crippen LogP contribution in [-0.2, 0) is 17.8 Å². The molecule has 1 aromatic rings. The lowest BCUT2D eigenvalue weighted by molar-refractivity contribution is -0.139. The highest BCUT2D eigenvalue weighted by atomic mass is 16.3. The van der Waals surface area contributed by atoms with Crippen LogP contribution in [0.3, 0.4) is 0 Å². The number of hydrogen-bond donors (Lipinski definition) is 2. The molecule has 1 aromatic carbocycles. The van der Waals surface area contributed by atoms with Crippen molar-refractivity contribution < 1.29 is 9.90 Å². The largest absolute Gasteiger partial charge is 0.388 e. The quantitative estimate of drug-likeness (QED) is 0.805. The predicted octanol–water partition coefficient (Wildman–Crippen LogP) is 1.07. The highest BCUT2D eigenvalue weighted by Crippen LogP contribution is 2.23. The number of aliphatic hydroxyl groups is 1. The number of nitrogens with zero attached hydrogens (tertiary/aromatic N) is 1. The van der Waals surface area contributed by atoms with Gasteiger partial charge in [-0.1, -0.05) is 24.3 Å². The monoisotopic (exact) mass is 274 g/mol. The van der Waals surface area contributed by atoms with Crippen molar-refractivity contribution in [3.05, 3.63) is 35.4 Å². The van der Waals surface area contributed by atoms with E-state index in [1.807, 2.05) is 24.0 Å². The number of hydrogen-bond acceptors (Lipinski definition) is 3. The Morgan fingerprint density at radius 1 is 1.40 bits per heavy atom. The van der Waals surface area contributed by atoms with E-state index in [1.54, 1.807) is 0 Å². The van der Waals surface area contributed by atoms with Crippen LogP contribution in [0.5, 0.6) is 0 Å². The first-order valence-corrected chi connectivity index (χ1v) is 7.36. The maximum Gasteiger partial charge on any atom is 0.240 e. The maximum absolute atomic E-state index is 12.6. The molecule has 2 unspecified atom stereocenters. The third-order valence-corrected chi connectivity index (χ3v) is 4.37. The summed E-state index contributed by atoms with van der Waals surface area (Å²) >= 11 is 0. The van der Waals surface area contributed by atoms with Gasteiger partial charge in [-0.25, -0.2) is 0 Å². The molecule has 4 nitrogen and oxygen atoms in total. The third kappa shape index (κ3) is 2.72. The van der Waals surface area contributed by atoms with E-state index in [0.717, 1.165) is 32.4 Å². The number of amides is 1. The van der Waals surface area contributed by atoms with Crippen LogP contribution >= 0.6 is 0 Å². The van der Waals surface area contributed by atoms with Gasteiger partial charge < -0.3 is 15.3 Å². The van der Waals surface area contributed by atoms with Gasteiger partial charge in [0.05, 0.1) is 11.6 Å². The molecule has 0 bridgehead atoms. The zero-order valence-corrected chi connectivity index (χ0v) is 11.9. The van der Waals surface area contributed by atoms with Crippen LogP contribution in [0.15, 0.2) is 24.3 Å². The molecule has 1 saturated heterocycles. The van der Waals surface area contributed by atoms with E-state index in [1.165, 1.54) is 11.1 Å². The molecule has 2 aliphatic heterocycles. The van der Waals surface area contributed by atoms with Crippen LogP contribution in [0.1, 0.15) is 30.9 Å². The number of likely N-dealkylation sites (tertiary alicyclic amines) is 1. The summed E-state index contributed by atoms with van der Waals surface area (Å²) in [6, 6.07) is 8.11. The zero-order chi connectivity index (χ0) is 14.2. The van der Waals surface area contributed by atoms with Crippen molar-refractivity contribution in [3.63, 3.8) is 0 Å². The molecule has 3 rings (SSSR count). The zero-order valence-electron chi connectivity index (χ0n) is 11.9. The highest BCUT2D eigenvalue weighted by Gasteiger charge is 2.34. The van der Waals surface area contributed by atoms with Crippen LogP contribution < -0.4 is 5.32 Å². The molecule has 2 atom stereocenters. The van der Waals surface area contributed by atoms with Crippen molar-refractivity contribution in [2.75, 3.05) is 13.1 Å². The van der Waals surface area contributed by atoms with Crippen molar-refractivity contribution in [2.24, 2.45) is 0 Å². The Labute approximate surface area is 119 Å². The molecule has 2 heterocycles. The van der Waals surface area contributed by atoms with Crippen LogP contribution in [0.25, 0.3) is 0 Å². The minimum absolute atomic E-state index is 0.125.